The van der Waals surface area contributed by atoms with Crippen LogP contribution in [0.1, 0.15) is 27.5 Å². The third-order valence-electron chi connectivity index (χ3n) is 3.94. The molecule has 2 aromatic carbocycles. The molecule has 1 aromatic heterocycles. The molecule has 0 aliphatic carbocycles. The number of rotatable bonds is 6. The topological polar surface area (TPSA) is 79.9 Å². The van der Waals surface area contributed by atoms with Crippen molar-refractivity contribution >= 4 is 5.91 Å². The van der Waals surface area contributed by atoms with Crippen molar-refractivity contribution in [1.29, 1.82) is 5.26 Å². The van der Waals surface area contributed by atoms with Gasteiger partial charge >= 0.3 is 0 Å². The van der Waals surface area contributed by atoms with Crippen LogP contribution in [0.4, 0.5) is 0 Å². The number of para-hydroxylation sites is 1. The van der Waals surface area contributed by atoms with E-state index in [1.54, 1.807) is 29.1 Å². The Bertz CT molecular complexity index is 928. The van der Waals surface area contributed by atoms with Crippen LogP contribution in [0.15, 0.2) is 67.0 Å². The zero-order valence-corrected chi connectivity index (χ0v) is 14.3. The lowest BCUT2D eigenvalue weighted by atomic mass is 10.1. The van der Waals surface area contributed by atoms with E-state index in [0.717, 1.165) is 5.56 Å². The lowest BCUT2D eigenvalue weighted by Crippen LogP contribution is -2.27. The molecule has 1 atom stereocenters. The number of nitriles is 1. The van der Waals surface area contributed by atoms with E-state index >= 15 is 0 Å². The summed E-state index contributed by atoms with van der Waals surface area (Å²) in [6.45, 7) is 0.572. The molecule has 26 heavy (non-hydrogen) atoms. The molecule has 1 heterocycles. The highest BCUT2D eigenvalue weighted by Gasteiger charge is 2.19. The van der Waals surface area contributed by atoms with Gasteiger partial charge in [-0.15, -0.1) is 0 Å². The summed E-state index contributed by atoms with van der Waals surface area (Å²) >= 11 is 0. The average molecular weight is 346 g/mol. The van der Waals surface area contributed by atoms with Crippen molar-refractivity contribution in [1.82, 2.24) is 15.1 Å². The summed E-state index contributed by atoms with van der Waals surface area (Å²) in [5.74, 6) is 0.195. The van der Waals surface area contributed by atoms with Crippen molar-refractivity contribution in [3.8, 4) is 11.8 Å². The first-order valence-corrected chi connectivity index (χ1v) is 8.11. The van der Waals surface area contributed by atoms with Crippen molar-refractivity contribution in [2.24, 2.45) is 0 Å². The number of methoxy groups -OCH3 is 1. The van der Waals surface area contributed by atoms with Crippen LogP contribution in [0.25, 0.3) is 0 Å². The Balaban J connectivity index is 1.72. The number of hydrogen-bond donors (Lipinski definition) is 1. The van der Waals surface area contributed by atoms with Crippen LogP contribution < -0.4 is 10.1 Å². The highest BCUT2D eigenvalue weighted by Crippen LogP contribution is 2.24. The molecule has 0 fully saturated rings. The molecule has 0 saturated heterocycles. The fraction of sp³-hybridized carbons (Fsp3) is 0.150. The monoisotopic (exact) mass is 346 g/mol. The van der Waals surface area contributed by atoms with Crippen molar-refractivity contribution < 1.29 is 9.53 Å². The minimum atomic E-state index is -0.809. The van der Waals surface area contributed by atoms with E-state index in [1.165, 1.54) is 13.3 Å². The Morgan fingerprint density at radius 3 is 2.69 bits per heavy atom. The predicted octanol–water partition coefficient (Wildman–Crippen LogP) is 2.93. The summed E-state index contributed by atoms with van der Waals surface area (Å²) in [6.07, 6.45) is 3.16. The predicted molar refractivity (Wildman–Crippen MR) is 96.6 cm³/mol. The summed E-state index contributed by atoms with van der Waals surface area (Å²) in [5, 5.41) is 16.4. The van der Waals surface area contributed by atoms with Gasteiger partial charge in [0.1, 0.15) is 11.8 Å². The van der Waals surface area contributed by atoms with E-state index in [4.69, 9.17) is 4.74 Å². The van der Waals surface area contributed by atoms with Gasteiger partial charge in [-0.1, -0.05) is 48.5 Å². The van der Waals surface area contributed by atoms with Gasteiger partial charge in [0.2, 0.25) is 0 Å². The Hall–Kier alpha value is -3.59. The van der Waals surface area contributed by atoms with Crippen molar-refractivity contribution in [3.63, 3.8) is 0 Å². The van der Waals surface area contributed by atoms with Gasteiger partial charge in [-0.3, -0.25) is 9.48 Å². The fourth-order valence-corrected chi connectivity index (χ4v) is 2.64. The Kier molecular flexibility index (Phi) is 5.30. The van der Waals surface area contributed by atoms with Crippen LogP contribution in [0.2, 0.25) is 0 Å². The number of ether oxygens (including phenoxy) is 1. The van der Waals surface area contributed by atoms with Gasteiger partial charge in [-0.05, 0) is 11.6 Å². The zero-order chi connectivity index (χ0) is 18.4. The lowest BCUT2D eigenvalue weighted by molar-refractivity contribution is 0.0944. The van der Waals surface area contributed by atoms with Crippen LogP contribution in [0.5, 0.6) is 5.75 Å². The van der Waals surface area contributed by atoms with Gasteiger partial charge in [-0.25, -0.2) is 0 Å². The largest absolute Gasteiger partial charge is 0.496 e. The zero-order valence-electron chi connectivity index (χ0n) is 14.3. The molecule has 0 radical (unpaired) electrons. The number of amides is 1. The maximum Gasteiger partial charge on any atom is 0.255 e. The van der Waals surface area contributed by atoms with Crippen LogP contribution in [-0.4, -0.2) is 22.8 Å². The van der Waals surface area contributed by atoms with Gasteiger partial charge in [-0.2, -0.15) is 10.4 Å². The molecule has 1 amide bonds. The summed E-state index contributed by atoms with van der Waals surface area (Å²) in [5.41, 5.74) is 2.10. The van der Waals surface area contributed by atoms with Crippen LogP contribution in [-0.2, 0) is 6.54 Å². The summed E-state index contributed by atoms with van der Waals surface area (Å²) in [7, 11) is 1.53. The number of benzene rings is 2. The van der Waals surface area contributed by atoms with Gasteiger partial charge < -0.3 is 10.1 Å². The standard InChI is InChI=1S/C20H18N4O2/c1-26-19-10-6-5-9-17(19)18(11-21)23-20(25)16-12-22-24(14-16)13-15-7-3-2-4-8-15/h2-10,12,14,18H,13H2,1H3,(H,23,25). The average Bonchev–Trinajstić information content (AvgIpc) is 3.15. The SMILES string of the molecule is COc1ccccc1C(C#N)NC(=O)c1cnn(Cc2ccccc2)c1. The molecule has 0 aliphatic rings. The Morgan fingerprint density at radius 1 is 1.23 bits per heavy atom. The van der Waals surface area contributed by atoms with Gasteiger partial charge in [0.05, 0.1) is 31.5 Å². The second-order valence-electron chi connectivity index (χ2n) is 5.69. The molecule has 6 heteroatoms. The maximum atomic E-state index is 12.5. The molecule has 3 aromatic rings. The smallest absolute Gasteiger partial charge is 0.255 e. The molecular weight excluding hydrogens is 328 g/mol. The summed E-state index contributed by atoms with van der Waals surface area (Å²) in [6, 6.07) is 18.3. The minimum Gasteiger partial charge on any atom is -0.496 e. The van der Waals surface area contributed by atoms with Crippen LogP contribution in [0, 0.1) is 11.3 Å². The van der Waals surface area contributed by atoms with E-state index in [1.807, 2.05) is 36.4 Å². The van der Waals surface area contributed by atoms with Crippen molar-refractivity contribution in [2.75, 3.05) is 7.11 Å². The van der Waals surface area contributed by atoms with E-state index in [-0.39, 0.29) is 5.91 Å². The van der Waals surface area contributed by atoms with Crippen LogP contribution >= 0.6 is 0 Å². The highest BCUT2D eigenvalue weighted by atomic mass is 16.5. The molecule has 0 aliphatic heterocycles. The minimum absolute atomic E-state index is 0.359. The fourth-order valence-electron chi connectivity index (χ4n) is 2.64. The maximum absolute atomic E-state index is 12.5. The summed E-state index contributed by atoms with van der Waals surface area (Å²) < 4.78 is 6.96. The molecule has 130 valence electrons. The third kappa shape index (κ3) is 3.90. The number of nitrogens with one attached hydrogen (secondary N) is 1. The number of aromatic nitrogens is 2. The normalized spacial score (nSPS) is 11.4. The lowest BCUT2D eigenvalue weighted by Gasteiger charge is -2.14. The van der Waals surface area contributed by atoms with Crippen molar-refractivity contribution in [2.45, 2.75) is 12.6 Å². The van der Waals surface area contributed by atoms with Gasteiger partial charge in [0, 0.05) is 11.8 Å². The second-order valence-corrected chi connectivity index (χ2v) is 5.69. The first-order valence-electron chi connectivity index (χ1n) is 8.11. The number of carbonyl (C=O) groups excluding carboxylic acids is 1. The second kappa shape index (κ2) is 7.99. The van der Waals surface area contributed by atoms with Crippen molar-refractivity contribution in [3.05, 3.63) is 83.7 Å². The van der Waals surface area contributed by atoms with Gasteiger partial charge in [0.25, 0.3) is 5.91 Å². The summed E-state index contributed by atoms with van der Waals surface area (Å²) in [4.78, 5) is 12.5. The number of hydrogen-bond acceptors (Lipinski definition) is 4. The van der Waals surface area contributed by atoms with E-state index in [0.29, 0.717) is 23.4 Å². The van der Waals surface area contributed by atoms with E-state index in [2.05, 4.69) is 16.5 Å². The molecule has 1 unspecified atom stereocenters. The first-order chi connectivity index (χ1) is 12.7. The molecule has 0 spiro atoms. The Morgan fingerprint density at radius 2 is 1.96 bits per heavy atom. The first kappa shape index (κ1) is 17.2. The molecule has 6 nitrogen and oxygen atoms in total. The highest BCUT2D eigenvalue weighted by molar-refractivity contribution is 5.94. The number of carbonyl (C=O) groups is 1. The molecule has 0 saturated carbocycles. The molecule has 0 bridgehead atoms. The molecule has 3 rings (SSSR count). The van der Waals surface area contributed by atoms with Gasteiger partial charge in [0.15, 0.2) is 0 Å². The number of nitrogens with zero attached hydrogens (tertiary/aromatic N) is 3. The molecular formula is C20H18N4O2. The van der Waals surface area contributed by atoms with Crippen LogP contribution in [0.3, 0.4) is 0 Å². The Labute approximate surface area is 151 Å². The van der Waals surface area contributed by atoms with E-state index in [9.17, 15) is 10.1 Å². The third-order valence-corrected chi connectivity index (χ3v) is 3.94. The quantitative estimate of drug-likeness (QED) is 0.744. The van der Waals surface area contributed by atoms with E-state index < -0.39 is 6.04 Å². The molecule has 1 N–H and O–H groups in total.